The van der Waals surface area contributed by atoms with Crippen LogP contribution in [0.25, 0.3) is 22.2 Å². The number of H-pyrrole nitrogens is 1. The molecule has 7 heteroatoms. The predicted octanol–water partition coefficient (Wildman–Crippen LogP) is 3.07. The average molecular weight is 364 g/mol. The minimum absolute atomic E-state index is 0.757. The van der Waals surface area contributed by atoms with Gasteiger partial charge in [-0.05, 0) is 31.2 Å². The van der Waals surface area contributed by atoms with Crippen LogP contribution in [0.1, 0.15) is 19.3 Å². The Kier molecular flexibility index (Phi) is 4.37. The molecule has 0 atom stereocenters. The van der Waals surface area contributed by atoms with Crippen LogP contribution in [0.5, 0.6) is 0 Å². The lowest BCUT2D eigenvalue weighted by Gasteiger charge is -2.32. The van der Waals surface area contributed by atoms with Crippen LogP contribution in [-0.2, 0) is 4.74 Å². The molecule has 3 aromatic rings. The molecule has 5 rings (SSSR count). The fourth-order valence-electron chi connectivity index (χ4n) is 4.05. The molecule has 0 radical (unpaired) electrons. The summed E-state index contributed by atoms with van der Waals surface area (Å²) in [4.78, 5) is 12.0. The van der Waals surface area contributed by atoms with Crippen LogP contribution in [0.4, 0.5) is 11.6 Å². The van der Waals surface area contributed by atoms with E-state index in [0.29, 0.717) is 0 Å². The summed E-state index contributed by atoms with van der Waals surface area (Å²) in [6, 6.07) is 6.13. The number of fused-ring (bicyclic) bond motifs is 2. The number of anilines is 2. The second-order valence-corrected chi connectivity index (χ2v) is 7.32. The van der Waals surface area contributed by atoms with E-state index >= 15 is 0 Å². The maximum atomic E-state index is 5.49. The summed E-state index contributed by atoms with van der Waals surface area (Å²) in [5.41, 5.74) is 2.97. The Balaban J connectivity index is 1.43. The zero-order chi connectivity index (χ0) is 18.1. The van der Waals surface area contributed by atoms with E-state index in [9.17, 15) is 0 Å². The number of rotatable bonds is 4. The van der Waals surface area contributed by atoms with E-state index in [1.165, 1.54) is 19.3 Å². The van der Waals surface area contributed by atoms with Gasteiger partial charge in [0.15, 0.2) is 11.6 Å². The smallest absolute Gasteiger partial charge is 0.172 e. The first kappa shape index (κ1) is 16.5. The molecule has 27 heavy (non-hydrogen) atoms. The number of aromatic nitrogens is 4. The van der Waals surface area contributed by atoms with Gasteiger partial charge in [-0.1, -0.05) is 12.1 Å². The van der Waals surface area contributed by atoms with Gasteiger partial charge in [0.2, 0.25) is 0 Å². The molecule has 0 saturated carbocycles. The summed E-state index contributed by atoms with van der Waals surface area (Å²) in [5, 5.41) is 11.7. The molecule has 0 bridgehead atoms. The largest absolute Gasteiger partial charge is 0.381 e. The fraction of sp³-hybridized carbons (Fsp3) is 0.450. The van der Waals surface area contributed by atoms with Crippen molar-refractivity contribution in [1.82, 2.24) is 20.2 Å². The van der Waals surface area contributed by atoms with E-state index in [2.05, 4.69) is 31.5 Å². The van der Waals surface area contributed by atoms with E-state index < -0.39 is 0 Å². The summed E-state index contributed by atoms with van der Waals surface area (Å²) in [5.74, 6) is 2.61. The average Bonchev–Trinajstić information content (AvgIpc) is 3.21. The highest BCUT2D eigenvalue weighted by molar-refractivity contribution is 5.93. The van der Waals surface area contributed by atoms with Crippen LogP contribution < -0.4 is 10.2 Å². The molecule has 0 unspecified atom stereocenters. The van der Waals surface area contributed by atoms with Crippen molar-refractivity contribution >= 4 is 22.5 Å². The molecule has 1 fully saturated rings. The Morgan fingerprint density at radius 3 is 3.04 bits per heavy atom. The topological polar surface area (TPSA) is 79.0 Å². The SMILES string of the molecule is c1cc(-c2cnc3c(n2)N(CCC2CCOCC2)CCN3)c2cn[nH]c2c1. The first-order valence-electron chi connectivity index (χ1n) is 9.74. The molecular formula is C20H24N6O. The van der Waals surface area contributed by atoms with Crippen LogP contribution in [0.15, 0.2) is 30.6 Å². The van der Waals surface area contributed by atoms with E-state index in [4.69, 9.17) is 9.72 Å². The Labute approximate surface area is 158 Å². The number of benzene rings is 1. The van der Waals surface area contributed by atoms with E-state index in [1.807, 2.05) is 24.5 Å². The zero-order valence-corrected chi connectivity index (χ0v) is 15.3. The normalized spacial score (nSPS) is 17.7. The molecule has 140 valence electrons. The van der Waals surface area contributed by atoms with Crippen LogP contribution >= 0.6 is 0 Å². The first-order chi connectivity index (χ1) is 13.4. The van der Waals surface area contributed by atoms with Crippen LogP contribution in [0.3, 0.4) is 0 Å². The molecule has 2 aromatic heterocycles. The molecular weight excluding hydrogens is 340 g/mol. The van der Waals surface area contributed by atoms with Gasteiger partial charge in [0.1, 0.15) is 0 Å². The predicted molar refractivity (Wildman–Crippen MR) is 106 cm³/mol. The Morgan fingerprint density at radius 1 is 1.19 bits per heavy atom. The van der Waals surface area contributed by atoms with Crippen molar-refractivity contribution in [3.8, 4) is 11.3 Å². The Hall–Kier alpha value is -2.67. The molecule has 1 saturated heterocycles. The number of aromatic amines is 1. The summed E-state index contributed by atoms with van der Waals surface area (Å²) >= 11 is 0. The third-order valence-corrected chi connectivity index (χ3v) is 5.64. The summed E-state index contributed by atoms with van der Waals surface area (Å²) in [6.45, 7) is 4.70. The van der Waals surface area contributed by atoms with Crippen molar-refractivity contribution in [2.45, 2.75) is 19.3 Å². The molecule has 0 aliphatic carbocycles. The Morgan fingerprint density at radius 2 is 2.11 bits per heavy atom. The van der Waals surface area contributed by atoms with Gasteiger partial charge in [-0.2, -0.15) is 5.10 Å². The van der Waals surface area contributed by atoms with Crippen molar-refractivity contribution in [3.05, 3.63) is 30.6 Å². The van der Waals surface area contributed by atoms with Crippen LogP contribution in [-0.4, -0.2) is 53.0 Å². The highest BCUT2D eigenvalue weighted by atomic mass is 16.5. The summed E-state index contributed by atoms with van der Waals surface area (Å²) in [7, 11) is 0. The van der Waals surface area contributed by atoms with Gasteiger partial charge in [-0.3, -0.25) is 5.10 Å². The van der Waals surface area contributed by atoms with Gasteiger partial charge in [0.25, 0.3) is 0 Å². The molecule has 7 nitrogen and oxygen atoms in total. The third-order valence-electron chi connectivity index (χ3n) is 5.64. The standard InChI is InChI=1S/C20H24N6O/c1-2-15(16-12-23-25-17(16)3-1)18-13-22-19-20(24-18)26(9-7-21-19)8-4-14-5-10-27-11-6-14/h1-3,12-14H,4-11H2,(H,21,22)(H,23,25). The molecule has 1 aromatic carbocycles. The highest BCUT2D eigenvalue weighted by Gasteiger charge is 2.22. The summed E-state index contributed by atoms with van der Waals surface area (Å²) in [6.07, 6.45) is 7.24. The molecule has 2 N–H and O–H groups in total. The number of hydrogen-bond acceptors (Lipinski definition) is 6. The molecule has 2 aliphatic heterocycles. The number of ether oxygens (including phenoxy) is 1. The molecule has 4 heterocycles. The molecule has 0 spiro atoms. The van der Waals surface area contributed by atoms with Crippen molar-refractivity contribution in [3.63, 3.8) is 0 Å². The van der Waals surface area contributed by atoms with Gasteiger partial charge in [0, 0.05) is 43.8 Å². The van der Waals surface area contributed by atoms with Crippen LogP contribution in [0.2, 0.25) is 0 Å². The minimum atomic E-state index is 0.757. The van der Waals surface area contributed by atoms with Gasteiger partial charge in [0.05, 0.1) is 23.6 Å². The van der Waals surface area contributed by atoms with E-state index in [-0.39, 0.29) is 0 Å². The van der Waals surface area contributed by atoms with Crippen molar-refractivity contribution in [2.24, 2.45) is 5.92 Å². The van der Waals surface area contributed by atoms with Gasteiger partial charge >= 0.3 is 0 Å². The maximum Gasteiger partial charge on any atom is 0.172 e. The summed E-state index contributed by atoms with van der Waals surface area (Å²) < 4.78 is 5.49. The molecule has 0 amide bonds. The molecule has 2 aliphatic rings. The van der Waals surface area contributed by atoms with Crippen molar-refractivity contribution < 1.29 is 4.74 Å². The zero-order valence-electron chi connectivity index (χ0n) is 15.3. The van der Waals surface area contributed by atoms with Crippen molar-refractivity contribution in [1.29, 1.82) is 0 Å². The Bertz CT molecular complexity index is 933. The van der Waals surface area contributed by atoms with Crippen molar-refractivity contribution in [2.75, 3.05) is 43.1 Å². The second-order valence-electron chi connectivity index (χ2n) is 7.32. The lowest BCUT2D eigenvalue weighted by atomic mass is 9.96. The number of nitrogens with one attached hydrogen (secondary N) is 2. The second kappa shape index (κ2) is 7.15. The quantitative estimate of drug-likeness (QED) is 0.741. The minimum Gasteiger partial charge on any atom is -0.381 e. The third kappa shape index (κ3) is 3.23. The lowest BCUT2D eigenvalue weighted by molar-refractivity contribution is 0.0645. The van der Waals surface area contributed by atoms with Gasteiger partial charge in [-0.25, -0.2) is 9.97 Å². The van der Waals surface area contributed by atoms with E-state index in [0.717, 1.165) is 72.6 Å². The van der Waals surface area contributed by atoms with Gasteiger partial charge in [-0.15, -0.1) is 0 Å². The fourth-order valence-corrected chi connectivity index (χ4v) is 4.05. The highest BCUT2D eigenvalue weighted by Crippen LogP contribution is 2.31. The van der Waals surface area contributed by atoms with Gasteiger partial charge < -0.3 is 15.0 Å². The lowest BCUT2D eigenvalue weighted by Crippen LogP contribution is -2.37. The first-order valence-corrected chi connectivity index (χ1v) is 9.74. The van der Waals surface area contributed by atoms with E-state index in [1.54, 1.807) is 0 Å². The maximum absolute atomic E-state index is 5.49. The monoisotopic (exact) mass is 364 g/mol. The van der Waals surface area contributed by atoms with Crippen LogP contribution in [0, 0.1) is 5.92 Å². The number of hydrogen-bond donors (Lipinski definition) is 2. The number of nitrogens with zero attached hydrogens (tertiary/aromatic N) is 4.